The number of aryl methyl sites for hydroxylation is 3. The Morgan fingerprint density at radius 1 is 1.18 bits per heavy atom. The Morgan fingerprint density at radius 2 is 1.86 bits per heavy atom. The molecule has 1 aliphatic rings. The zero-order valence-corrected chi connectivity index (χ0v) is 13.5. The van der Waals surface area contributed by atoms with Crippen LogP contribution >= 0.6 is 0 Å². The molecule has 22 heavy (non-hydrogen) atoms. The lowest BCUT2D eigenvalue weighted by molar-refractivity contribution is -0.141. The van der Waals surface area contributed by atoms with E-state index in [0.29, 0.717) is 30.6 Å². The van der Waals surface area contributed by atoms with Crippen molar-refractivity contribution in [3.05, 3.63) is 28.7 Å². The fourth-order valence-electron chi connectivity index (χ4n) is 3.16. The summed E-state index contributed by atoms with van der Waals surface area (Å²) in [7, 11) is 0. The summed E-state index contributed by atoms with van der Waals surface area (Å²) >= 11 is 0. The number of carbonyl (C=O) groups excluding carboxylic acids is 1. The van der Waals surface area contributed by atoms with Gasteiger partial charge >= 0.3 is 0 Å². The molecule has 0 atom stereocenters. The third kappa shape index (κ3) is 2.20. The van der Waals surface area contributed by atoms with Gasteiger partial charge in [-0.2, -0.15) is 4.98 Å². The molecule has 2 aromatic heterocycles. The molecular weight excluding hydrogens is 284 g/mol. The lowest BCUT2D eigenvalue weighted by Crippen LogP contribution is -2.54. The first-order chi connectivity index (χ1) is 10.3. The average molecular weight is 304 g/mol. The number of likely N-dealkylation sites (tertiary alicyclic amines) is 1. The zero-order valence-electron chi connectivity index (χ0n) is 13.5. The maximum Gasteiger partial charge on any atom is 0.233 e. The van der Waals surface area contributed by atoms with Crippen LogP contribution in [0.5, 0.6) is 0 Å². The van der Waals surface area contributed by atoms with Crippen LogP contribution in [0.1, 0.15) is 48.5 Å². The van der Waals surface area contributed by atoms with Gasteiger partial charge in [-0.05, 0) is 34.6 Å². The molecule has 0 saturated carbocycles. The van der Waals surface area contributed by atoms with Crippen molar-refractivity contribution in [1.82, 2.24) is 20.2 Å². The molecule has 0 radical (unpaired) electrons. The van der Waals surface area contributed by atoms with Crippen LogP contribution in [-0.4, -0.2) is 39.2 Å². The van der Waals surface area contributed by atoms with Crippen molar-refractivity contribution < 1.29 is 13.8 Å². The van der Waals surface area contributed by atoms with E-state index in [1.165, 1.54) is 0 Å². The Labute approximate surface area is 128 Å². The van der Waals surface area contributed by atoms with Gasteiger partial charge in [0.15, 0.2) is 5.82 Å². The van der Waals surface area contributed by atoms with Crippen LogP contribution in [0.4, 0.5) is 0 Å². The summed E-state index contributed by atoms with van der Waals surface area (Å²) in [5, 5.41) is 7.75. The Kier molecular flexibility index (Phi) is 3.30. The molecular formula is C15H20N4O3. The predicted molar refractivity (Wildman–Crippen MR) is 77.4 cm³/mol. The van der Waals surface area contributed by atoms with Crippen LogP contribution < -0.4 is 0 Å². The van der Waals surface area contributed by atoms with E-state index >= 15 is 0 Å². The second-order valence-corrected chi connectivity index (χ2v) is 6.41. The van der Waals surface area contributed by atoms with Gasteiger partial charge in [-0.15, -0.1) is 0 Å². The number of rotatable bonds is 3. The molecule has 1 amide bonds. The second-order valence-electron chi connectivity index (χ2n) is 6.41. The number of nitrogens with zero attached hydrogens (tertiary/aromatic N) is 4. The van der Waals surface area contributed by atoms with Crippen LogP contribution in [0.2, 0.25) is 0 Å². The van der Waals surface area contributed by atoms with Crippen LogP contribution in [0.15, 0.2) is 9.05 Å². The highest BCUT2D eigenvalue weighted by Crippen LogP contribution is 2.35. The van der Waals surface area contributed by atoms with Gasteiger partial charge in [0, 0.05) is 18.7 Å². The number of amides is 1. The second kappa shape index (κ2) is 4.93. The van der Waals surface area contributed by atoms with Gasteiger partial charge in [-0.25, -0.2) is 0 Å². The smallest absolute Gasteiger partial charge is 0.233 e. The monoisotopic (exact) mass is 304 g/mol. The van der Waals surface area contributed by atoms with Gasteiger partial charge in [0.2, 0.25) is 11.8 Å². The van der Waals surface area contributed by atoms with E-state index in [1.54, 1.807) is 6.92 Å². The first-order valence-corrected chi connectivity index (χ1v) is 7.33. The highest BCUT2D eigenvalue weighted by atomic mass is 16.5. The fraction of sp³-hybridized carbons (Fsp3) is 0.600. The lowest BCUT2D eigenvalue weighted by atomic mass is 9.80. The molecule has 0 aromatic carbocycles. The molecule has 1 saturated heterocycles. The molecule has 0 aliphatic carbocycles. The van der Waals surface area contributed by atoms with Crippen LogP contribution in [0.25, 0.3) is 0 Å². The van der Waals surface area contributed by atoms with E-state index in [-0.39, 0.29) is 11.8 Å². The van der Waals surface area contributed by atoms with Gasteiger partial charge in [0.1, 0.15) is 5.76 Å². The molecule has 1 aliphatic heterocycles. The molecule has 0 N–H and O–H groups in total. The Balaban J connectivity index is 1.73. The highest BCUT2D eigenvalue weighted by Gasteiger charge is 2.44. The van der Waals surface area contributed by atoms with Crippen molar-refractivity contribution in [2.75, 3.05) is 13.1 Å². The van der Waals surface area contributed by atoms with E-state index in [9.17, 15) is 4.79 Å². The van der Waals surface area contributed by atoms with E-state index < -0.39 is 5.41 Å². The van der Waals surface area contributed by atoms with Crippen molar-refractivity contribution in [2.45, 2.75) is 46.0 Å². The summed E-state index contributed by atoms with van der Waals surface area (Å²) < 4.78 is 10.4. The molecule has 1 fully saturated rings. The molecule has 7 heteroatoms. The first-order valence-electron chi connectivity index (χ1n) is 7.33. The van der Waals surface area contributed by atoms with Gasteiger partial charge in [-0.1, -0.05) is 10.3 Å². The Morgan fingerprint density at radius 3 is 2.36 bits per heavy atom. The van der Waals surface area contributed by atoms with E-state index in [2.05, 4.69) is 15.3 Å². The largest absolute Gasteiger partial charge is 0.361 e. The van der Waals surface area contributed by atoms with Crippen molar-refractivity contribution in [2.24, 2.45) is 0 Å². The molecule has 2 aromatic rings. The molecule has 0 unspecified atom stereocenters. The number of hydrogen-bond donors (Lipinski definition) is 0. The van der Waals surface area contributed by atoms with Gasteiger partial charge in [0.05, 0.1) is 17.0 Å². The van der Waals surface area contributed by atoms with Gasteiger partial charge in [0.25, 0.3) is 0 Å². The normalized spacial score (nSPS) is 16.0. The minimum atomic E-state index is -0.663. The SMILES string of the molecule is Cc1noc(C2CN(C(=O)C(C)(C)c3c(C)noc3C)C2)n1. The fourth-order valence-corrected chi connectivity index (χ4v) is 3.16. The van der Waals surface area contributed by atoms with Crippen LogP contribution in [0, 0.1) is 20.8 Å². The summed E-state index contributed by atoms with van der Waals surface area (Å²) in [5.41, 5.74) is 0.971. The maximum absolute atomic E-state index is 12.8. The zero-order chi connectivity index (χ0) is 16.1. The number of aromatic nitrogens is 3. The summed E-state index contributed by atoms with van der Waals surface area (Å²) in [6.45, 7) is 10.5. The van der Waals surface area contributed by atoms with E-state index in [0.717, 1.165) is 11.3 Å². The maximum atomic E-state index is 12.8. The highest BCUT2D eigenvalue weighted by molar-refractivity contribution is 5.88. The predicted octanol–water partition coefficient (Wildman–Crippen LogP) is 1.89. The van der Waals surface area contributed by atoms with Crippen molar-refractivity contribution in [1.29, 1.82) is 0 Å². The van der Waals surface area contributed by atoms with E-state index in [4.69, 9.17) is 9.05 Å². The minimum Gasteiger partial charge on any atom is -0.361 e. The summed E-state index contributed by atoms with van der Waals surface area (Å²) in [5.74, 6) is 2.12. The van der Waals surface area contributed by atoms with Crippen LogP contribution in [-0.2, 0) is 10.2 Å². The molecule has 0 spiro atoms. The quantitative estimate of drug-likeness (QED) is 0.860. The third-order valence-corrected chi connectivity index (χ3v) is 4.25. The summed E-state index contributed by atoms with van der Waals surface area (Å²) in [6.07, 6.45) is 0. The standard InChI is InChI=1S/C15H20N4O3/c1-8-12(9(2)21-17-8)15(4,5)14(20)19-6-11(7-19)13-16-10(3)18-22-13/h11H,6-7H2,1-5H3. The van der Waals surface area contributed by atoms with Gasteiger partial charge < -0.3 is 13.9 Å². The third-order valence-electron chi connectivity index (χ3n) is 4.25. The molecule has 3 rings (SSSR count). The van der Waals surface area contributed by atoms with Gasteiger partial charge in [-0.3, -0.25) is 4.79 Å². The first kappa shape index (κ1) is 14.7. The summed E-state index contributed by atoms with van der Waals surface area (Å²) in [6, 6.07) is 0. The molecule has 3 heterocycles. The molecule has 0 bridgehead atoms. The van der Waals surface area contributed by atoms with E-state index in [1.807, 2.05) is 32.6 Å². The molecule has 7 nitrogen and oxygen atoms in total. The minimum absolute atomic E-state index is 0.0642. The van der Waals surface area contributed by atoms with Crippen molar-refractivity contribution in [3.63, 3.8) is 0 Å². The van der Waals surface area contributed by atoms with Crippen LogP contribution in [0.3, 0.4) is 0 Å². The number of carbonyl (C=O) groups is 1. The number of hydrogen-bond acceptors (Lipinski definition) is 6. The Bertz CT molecular complexity index is 691. The van der Waals surface area contributed by atoms with Crippen molar-refractivity contribution >= 4 is 5.91 Å². The Hall–Kier alpha value is -2.18. The molecule has 118 valence electrons. The van der Waals surface area contributed by atoms with Crippen molar-refractivity contribution in [3.8, 4) is 0 Å². The lowest BCUT2D eigenvalue weighted by Gasteiger charge is -2.41. The topological polar surface area (TPSA) is 85.3 Å². The average Bonchev–Trinajstić information content (AvgIpc) is 2.94. The summed E-state index contributed by atoms with van der Waals surface area (Å²) in [4.78, 5) is 18.9.